The lowest BCUT2D eigenvalue weighted by molar-refractivity contribution is -0.119. The molecule has 0 bridgehead atoms. The number of anilines is 1. The average molecular weight is 216 g/mol. The number of amides is 1. The molecule has 2 heterocycles. The monoisotopic (exact) mass is 216 g/mol. The predicted octanol–water partition coefficient (Wildman–Crippen LogP) is 0.280. The first-order valence-corrected chi connectivity index (χ1v) is 5.17. The van der Waals surface area contributed by atoms with Gasteiger partial charge in [-0.15, -0.1) is 0 Å². The number of nitriles is 1. The molecule has 0 spiro atoms. The normalized spacial score (nSPS) is 16.2. The van der Waals surface area contributed by atoms with E-state index in [0.717, 1.165) is 18.7 Å². The molecule has 82 valence electrons. The van der Waals surface area contributed by atoms with Gasteiger partial charge in [-0.2, -0.15) is 5.26 Å². The first-order chi connectivity index (χ1) is 7.79. The molecule has 2 rings (SSSR count). The third kappa shape index (κ3) is 2.28. The Labute approximate surface area is 93.7 Å². The summed E-state index contributed by atoms with van der Waals surface area (Å²) < 4.78 is 0. The first-order valence-electron chi connectivity index (χ1n) is 5.17. The standard InChI is InChI=1S/C11H12N4O/c12-7-9-6-10(2-4-13-9)15-5-1-3-14-11(16)8-15/h2,4,6H,1,3,5,8H2,(H,14,16). The number of pyridine rings is 1. The van der Waals surface area contributed by atoms with Gasteiger partial charge in [0.1, 0.15) is 11.8 Å². The summed E-state index contributed by atoms with van der Waals surface area (Å²) in [7, 11) is 0. The number of aromatic nitrogens is 1. The zero-order valence-electron chi connectivity index (χ0n) is 8.81. The predicted molar refractivity (Wildman–Crippen MR) is 58.8 cm³/mol. The summed E-state index contributed by atoms with van der Waals surface area (Å²) >= 11 is 0. The second-order valence-electron chi connectivity index (χ2n) is 3.64. The highest BCUT2D eigenvalue weighted by Gasteiger charge is 2.15. The summed E-state index contributed by atoms with van der Waals surface area (Å²) in [5.41, 5.74) is 1.26. The first kappa shape index (κ1) is 10.4. The Morgan fingerprint density at radius 2 is 2.44 bits per heavy atom. The Kier molecular flexibility index (Phi) is 3.01. The lowest BCUT2D eigenvalue weighted by atomic mass is 10.3. The number of hydrogen-bond acceptors (Lipinski definition) is 4. The van der Waals surface area contributed by atoms with Gasteiger partial charge in [0.25, 0.3) is 0 Å². The molecular weight excluding hydrogens is 204 g/mol. The Balaban J connectivity index is 2.21. The fraction of sp³-hybridized carbons (Fsp3) is 0.364. The van der Waals surface area contributed by atoms with Crippen LogP contribution in [0.5, 0.6) is 0 Å². The fourth-order valence-electron chi connectivity index (χ4n) is 1.70. The van der Waals surface area contributed by atoms with E-state index in [0.29, 0.717) is 18.8 Å². The molecule has 1 fully saturated rings. The van der Waals surface area contributed by atoms with Crippen molar-refractivity contribution in [2.24, 2.45) is 0 Å². The largest absolute Gasteiger partial charge is 0.362 e. The SMILES string of the molecule is N#Cc1cc(N2CCCNC(=O)C2)ccn1. The second-order valence-corrected chi connectivity index (χ2v) is 3.64. The molecule has 1 saturated heterocycles. The highest BCUT2D eigenvalue weighted by molar-refractivity contribution is 5.81. The average Bonchev–Trinajstić information content (AvgIpc) is 2.54. The lowest BCUT2D eigenvalue weighted by Crippen LogP contribution is -2.33. The van der Waals surface area contributed by atoms with Gasteiger partial charge < -0.3 is 10.2 Å². The maximum absolute atomic E-state index is 11.4. The molecule has 0 saturated carbocycles. The summed E-state index contributed by atoms with van der Waals surface area (Å²) in [4.78, 5) is 17.3. The lowest BCUT2D eigenvalue weighted by Gasteiger charge is -2.20. The van der Waals surface area contributed by atoms with Crippen molar-refractivity contribution >= 4 is 11.6 Å². The van der Waals surface area contributed by atoms with Crippen LogP contribution >= 0.6 is 0 Å². The Morgan fingerprint density at radius 3 is 3.25 bits per heavy atom. The topological polar surface area (TPSA) is 69.0 Å². The fourth-order valence-corrected chi connectivity index (χ4v) is 1.70. The molecule has 1 aromatic rings. The van der Waals surface area contributed by atoms with Crippen molar-refractivity contribution < 1.29 is 4.79 Å². The van der Waals surface area contributed by atoms with Crippen LogP contribution in [-0.2, 0) is 4.79 Å². The van der Waals surface area contributed by atoms with Gasteiger partial charge in [-0.05, 0) is 18.6 Å². The number of rotatable bonds is 1. The third-order valence-electron chi connectivity index (χ3n) is 2.48. The minimum Gasteiger partial charge on any atom is -0.362 e. The van der Waals surface area contributed by atoms with Crippen molar-refractivity contribution in [1.82, 2.24) is 10.3 Å². The molecule has 5 nitrogen and oxygen atoms in total. The van der Waals surface area contributed by atoms with Crippen LogP contribution in [0.25, 0.3) is 0 Å². The van der Waals surface area contributed by atoms with Gasteiger partial charge >= 0.3 is 0 Å². The van der Waals surface area contributed by atoms with E-state index < -0.39 is 0 Å². The molecule has 0 aliphatic carbocycles. The molecule has 1 amide bonds. The molecule has 1 aliphatic rings. The van der Waals surface area contributed by atoms with Crippen molar-refractivity contribution in [3.05, 3.63) is 24.0 Å². The van der Waals surface area contributed by atoms with Crippen LogP contribution in [0, 0.1) is 11.3 Å². The number of carbonyl (C=O) groups excluding carboxylic acids is 1. The van der Waals surface area contributed by atoms with Crippen molar-refractivity contribution in [1.29, 1.82) is 5.26 Å². The van der Waals surface area contributed by atoms with Gasteiger partial charge in [-0.1, -0.05) is 0 Å². The smallest absolute Gasteiger partial charge is 0.239 e. The summed E-state index contributed by atoms with van der Waals surface area (Å²) in [6.07, 6.45) is 2.51. The van der Waals surface area contributed by atoms with E-state index in [2.05, 4.69) is 10.3 Å². The van der Waals surface area contributed by atoms with Crippen molar-refractivity contribution in [3.63, 3.8) is 0 Å². The Bertz CT molecular complexity index is 438. The van der Waals surface area contributed by atoms with Gasteiger partial charge in [-0.25, -0.2) is 4.98 Å². The molecular formula is C11H12N4O. The van der Waals surface area contributed by atoms with Crippen molar-refractivity contribution in [2.75, 3.05) is 24.5 Å². The van der Waals surface area contributed by atoms with Gasteiger partial charge in [0.2, 0.25) is 5.91 Å². The zero-order chi connectivity index (χ0) is 11.4. The molecule has 1 aliphatic heterocycles. The summed E-state index contributed by atoms with van der Waals surface area (Å²) in [5, 5.41) is 11.6. The molecule has 0 unspecified atom stereocenters. The highest BCUT2D eigenvalue weighted by atomic mass is 16.2. The quantitative estimate of drug-likeness (QED) is 0.732. The molecule has 1 N–H and O–H groups in total. The summed E-state index contributed by atoms with van der Waals surface area (Å²) in [6, 6.07) is 5.52. The van der Waals surface area contributed by atoms with Crippen LogP contribution in [0.15, 0.2) is 18.3 Å². The maximum Gasteiger partial charge on any atom is 0.239 e. The minimum atomic E-state index is 0.0211. The molecule has 0 atom stereocenters. The van der Waals surface area contributed by atoms with Crippen LogP contribution in [0.4, 0.5) is 5.69 Å². The zero-order valence-corrected chi connectivity index (χ0v) is 8.81. The summed E-state index contributed by atoms with van der Waals surface area (Å²) in [5.74, 6) is 0.0211. The second kappa shape index (κ2) is 4.62. The molecule has 1 aromatic heterocycles. The number of nitrogens with one attached hydrogen (secondary N) is 1. The van der Waals surface area contributed by atoms with E-state index in [4.69, 9.17) is 5.26 Å². The molecule has 0 aromatic carbocycles. The van der Waals surface area contributed by atoms with E-state index >= 15 is 0 Å². The van der Waals surface area contributed by atoms with Crippen LogP contribution in [0.2, 0.25) is 0 Å². The maximum atomic E-state index is 11.4. The molecule has 0 radical (unpaired) electrons. The van der Waals surface area contributed by atoms with E-state index in [1.807, 2.05) is 17.0 Å². The Morgan fingerprint density at radius 1 is 1.56 bits per heavy atom. The minimum absolute atomic E-state index is 0.0211. The third-order valence-corrected chi connectivity index (χ3v) is 2.48. The molecule has 16 heavy (non-hydrogen) atoms. The summed E-state index contributed by atoms with van der Waals surface area (Å²) in [6.45, 7) is 1.87. The van der Waals surface area contributed by atoms with Gasteiger partial charge in [0.15, 0.2) is 0 Å². The van der Waals surface area contributed by atoms with Crippen LogP contribution in [0.1, 0.15) is 12.1 Å². The number of nitrogens with zero attached hydrogens (tertiary/aromatic N) is 3. The van der Waals surface area contributed by atoms with Crippen molar-refractivity contribution in [2.45, 2.75) is 6.42 Å². The van der Waals surface area contributed by atoms with E-state index in [-0.39, 0.29) is 5.91 Å². The number of carbonyl (C=O) groups is 1. The Hall–Kier alpha value is -2.09. The van der Waals surface area contributed by atoms with Crippen LogP contribution in [0.3, 0.4) is 0 Å². The van der Waals surface area contributed by atoms with E-state index in [1.165, 1.54) is 0 Å². The van der Waals surface area contributed by atoms with Crippen LogP contribution < -0.4 is 10.2 Å². The van der Waals surface area contributed by atoms with Gasteiger partial charge in [0.05, 0.1) is 6.54 Å². The van der Waals surface area contributed by atoms with Crippen molar-refractivity contribution in [3.8, 4) is 6.07 Å². The van der Waals surface area contributed by atoms with E-state index in [9.17, 15) is 4.79 Å². The van der Waals surface area contributed by atoms with Gasteiger partial charge in [0, 0.05) is 25.0 Å². The van der Waals surface area contributed by atoms with Gasteiger partial charge in [-0.3, -0.25) is 4.79 Å². The van der Waals surface area contributed by atoms with Crippen LogP contribution in [-0.4, -0.2) is 30.5 Å². The molecule has 5 heteroatoms. The number of hydrogen-bond donors (Lipinski definition) is 1. The van der Waals surface area contributed by atoms with E-state index in [1.54, 1.807) is 12.3 Å². The highest BCUT2D eigenvalue weighted by Crippen LogP contribution is 2.15.